The highest BCUT2D eigenvalue weighted by Gasteiger charge is 2.34. The molecule has 3 aromatic rings. The smallest absolute Gasteiger partial charge is 0.262 e. The molecule has 1 aromatic heterocycles. The molecule has 1 amide bonds. The van der Waals surface area contributed by atoms with Gasteiger partial charge in [0, 0.05) is 11.6 Å². The average Bonchev–Trinajstić information content (AvgIpc) is 3.43. The van der Waals surface area contributed by atoms with E-state index in [-0.39, 0.29) is 28.1 Å². The Hall–Kier alpha value is -3.13. The molecule has 29 heavy (non-hydrogen) atoms. The summed E-state index contributed by atoms with van der Waals surface area (Å²) in [5.41, 5.74) is 0.0986. The van der Waals surface area contributed by atoms with Crippen LogP contribution in [0, 0.1) is 5.82 Å². The highest BCUT2D eigenvalue weighted by molar-refractivity contribution is 7.92. The van der Waals surface area contributed by atoms with E-state index in [2.05, 4.69) is 4.72 Å². The molecule has 0 atom stereocenters. The lowest BCUT2D eigenvalue weighted by Crippen LogP contribution is -2.32. The van der Waals surface area contributed by atoms with Gasteiger partial charge in [0.1, 0.15) is 11.6 Å². The van der Waals surface area contributed by atoms with E-state index < -0.39 is 15.8 Å². The molecule has 0 spiro atoms. The number of amides is 1. The summed E-state index contributed by atoms with van der Waals surface area (Å²) in [5, 5.41) is 0. The first-order valence-corrected chi connectivity index (χ1v) is 10.6. The minimum atomic E-state index is -4.05. The fourth-order valence-electron chi connectivity index (χ4n) is 3.03. The first-order valence-electron chi connectivity index (χ1n) is 9.15. The third-order valence-corrected chi connectivity index (χ3v) is 6.03. The number of hydrogen-bond donors (Lipinski definition) is 1. The number of nitrogens with zero attached hydrogens (tertiary/aromatic N) is 1. The second-order valence-corrected chi connectivity index (χ2v) is 8.54. The lowest BCUT2D eigenvalue weighted by Gasteiger charge is -2.21. The number of hydrogen-bond acceptors (Lipinski definition) is 4. The second-order valence-electron chi connectivity index (χ2n) is 6.86. The van der Waals surface area contributed by atoms with E-state index in [9.17, 15) is 17.6 Å². The van der Waals surface area contributed by atoms with Crippen molar-refractivity contribution in [1.29, 1.82) is 0 Å². The number of furan rings is 1. The van der Waals surface area contributed by atoms with Crippen LogP contribution in [-0.4, -0.2) is 25.3 Å². The third-order valence-electron chi connectivity index (χ3n) is 4.66. The van der Waals surface area contributed by atoms with Crippen molar-refractivity contribution < 1.29 is 22.0 Å². The Morgan fingerprint density at radius 1 is 1.10 bits per heavy atom. The number of carbonyl (C=O) groups is 1. The summed E-state index contributed by atoms with van der Waals surface area (Å²) in [6.45, 7) is 0.320. The summed E-state index contributed by atoms with van der Waals surface area (Å²) >= 11 is 0. The molecule has 1 aliphatic rings. The summed E-state index contributed by atoms with van der Waals surface area (Å²) in [7, 11) is -4.05. The van der Waals surface area contributed by atoms with Crippen molar-refractivity contribution >= 4 is 21.6 Å². The average molecular weight is 414 g/mol. The molecule has 1 saturated carbocycles. The van der Waals surface area contributed by atoms with Crippen LogP contribution in [0.25, 0.3) is 0 Å². The second kappa shape index (κ2) is 7.71. The number of benzene rings is 2. The van der Waals surface area contributed by atoms with Crippen molar-refractivity contribution in [3.8, 4) is 0 Å². The van der Waals surface area contributed by atoms with Gasteiger partial charge < -0.3 is 9.32 Å². The van der Waals surface area contributed by atoms with Gasteiger partial charge in [-0.3, -0.25) is 9.52 Å². The van der Waals surface area contributed by atoms with Crippen molar-refractivity contribution in [2.45, 2.75) is 30.3 Å². The van der Waals surface area contributed by atoms with Crippen LogP contribution in [0.3, 0.4) is 0 Å². The Morgan fingerprint density at radius 2 is 1.90 bits per heavy atom. The van der Waals surface area contributed by atoms with Crippen LogP contribution in [0.1, 0.15) is 29.0 Å². The van der Waals surface area contributed by atoms with Crippen LogP contribution in [0.15, 0.2) is 76.2 Å². The maximum Gasteiger partial charge on any atom is 0.262 e. The van der Waals surface area contributed by atoms with Gasteiger partial charge in [-0.15, -0.1) is 0 Å². The summed E-state index contributed by atoms with van der Waals surface area (Å²) in [6.07, 6.45) is 3.35. The number of para-hydroxylation sites is 1. The van der Waals surface area contributed by atoms with Crippen LogP contribution >= 0.6 is 0 Å². The van der Waals surface area contributed by atoms with Crippen molar-refractivity contribution in [2.24, 2.45) is 0 Å². The first kappa shape index (κ1) is 19.2. The van der Waals surface area contributed by atoms with E-state index in [0.717, 1.165) is 12.8 Å². The molecule has 2 aromatic carbocycles. The predicted molar refractivity (Wildman–Crippen MR) is 105 cm³/mol. The standard InChI is InChI=1S/C21H19FN2O4S/c22-19-8-1-2-9-20(19)23-29(26,27)18-7-3-5-15(13-18)21(25)24(16-10-11-16)14-17-6-4-12-28-17/h1-9,12-13,16,23H,10-11,14H2. The molecule has 0 aliphatic heterocycles. The summed E-state index contributed by atoms with van der Waals surface area (Å²) in [4.78, 5) is 14.6. The van der Waals surface area contributed by atoms with Gasteiger partial charge in [0.25, 0.3) is 15.9 Å². The minimum Gasteiger partial charge on any atom is -0.467 e. The van der Waals surface area contributed by atoms with E-state index in [0.29, 0.717) is 12.3 Å². The number of anilines is 1. The van der Waals surface area contributed by atoms with E-state index in [1.54, 1.807) is 29.4 Å². The normalized spacial score (nSPS) is 13.8. The van der Waals surface area contributed by atoms with Gasteiger partial charge in [-0.25, -0.2) is 12.8 Å². The van der Waals surface area contributed by atoms with E-state index in [1.807, 2.05) is 0 Å². The fraction of sp³-hybridized carbons (Fsp3) is 0.190. The summed E-state index contributed by atoms with van der Waals surface area (Å²) in [5.74, 6) is -0.288. The molecule has 1 fully saturated rings. The molecule has 0 unspecified atom stereocenters. The molecule has 1 N–H and O–H groups in total. The topological polar surface area (TPSA) is 79.6 Å². The number of sulfonamides is 1. The Morgan fingerprint density at radius 3 is 2.59 bits per heavy atom. The highest BCUT2D eigenvalue weighted by Crippen LogP contribution is 2.30. The molecule has 150 valence electrons. The van der Waals surface area contributed by atoms with Gasteiger partial charge in [0.15, 0.2) is 0 Å². The van der Waals surface area contributed by atoms with E-state index in [4.69, 9.17) is 4.42 Å². The van der Waals surface area contributed by atoms with Gasteiger partial charge in [-0.2, -0.15) is 0 Å². The molecular weight excluding hydrogens is 395 g/mol. The molecule has 4 rings (SSSR count). The lowest BCUT2D eigenvalue weighted by atomic mass is 10.2. The highest BCUT2D eigenvalue weighted by atomic mass is 32.2. The van der Waals surface area contributed by atoms with Crippen molar-refractivity contribution in [2.75, 3.05) is 4.72 Å². The Bertz CT molecular complexity index is 1130. The van der Waals surface area contributed by atoms with Crippen LogP contribution in [-0.2, 0) is 16.6 Å². The van der Waals surface area contributed by atoms with Crippen molar-refractivity contribution in [1.82, 2.24) is 4.90 Å². The van der Waals surface area contributed by atoms with Crippen LogP contribution < -0.4 is 4.72 Å². The molecule has 0 saturated heterocycles. The molecule has 1 aliphatic carbocycles. The van der Waals surface area contributed by atoms with Crippen LogP contribution in [0.4, 0.5) is 10.1 Å². The quantitative estimate of drug-likeness (QED) is 0.633. The van der Waals surface area contributed by atoms with E-state index >= 15 is 0 Å². The maximum absolute atomic E-state index is 13.8. The zero-order valence-corrected chi connectivity index (χ0v) is 16.2. The minimum absolute atomic E-state index is 0.111. The predicted octanol–water partition coefficient (Wildman–Crippen LogP) is 4.02. The molecule has 6 nitrogen and oxygen atoms in total. The molecule has 8 heteroatoms. The summed E-state index contributed by atoms with van der Waals surface area (Å²) in [6, 6.07) is 14.9. The van der Waals surface area contributed by atoms with Crippen LogP contribution in [0.5, 0.6) is 0 Å². The number of nitrogens with one attached hydrogen (secondary N) is 1. The Balaban J connectivity index is 1.59. The fourth-order valence-corrected chi connectivity index (χ4v) is 4.15. The Kier molecular flexibility index (Phi) is 5.10. The van der Waals surface area contributed by atoms with Crippen molar-refractivity contribution in [3.05, 3.63) is 84.1 Å². The molecule has 0 radical (unpaired) electrons. The molecule has 1 heterocycles. The molecular formula is C21H19FN2O4S. The van der Waals surface area contributed by atoms with Crippen molar-refractivity contribution in [3.63, 3.8) is 0 Å². The summed E-state index contributed by atoms with van der Waals surface area (Å²) < 4.78 is 46.8. The zero-order chi connectivity index (χ0) is 20.4. The number of rotatable bonds is 7. The number of halogens is 1. The first-order chi connectivity index (χ1) is 13.9. The Labute approximate surface area is 168 Å². The van der Waals surface area contributed by atoms with Gasteiger partial charge in [-0.1, -0.05) is 18.2 Å². The lowest BCUT2D eigenvalue weighted by molar-refractivity contribution is 0.0717. The van der Waals surface area contributed by atoms with Gasteiger partial charge in [0.05, 0.1) is 23.4 Å². The van der Waals surface area contributed by atoms with Gasteiger partial charge in [0.2, 0.25) is 0 Å². The van der Waals surface area contributed by atoms with Gasteiger partial charge >= 0.3 is 0 Å². The maximum atomic E-state index is 13.8. The largest absolute Gasteiger partial charge is 0.467 e. The van der Waals surface area contributed by atoms with E-state index in [1.165, 1.54) is 42.5 Å². The van der Waals surface area contributed by atoms with Gasteiger partial charge in [-0.05, 0) is 55.3 Å². The SMILES string of the molecule is O=C(c1cccc(S(=O)(=O)Nc2ccccc2F)c1)N(Cc1ccco1)C1CC1. The monoisotopic (exact) mass is 414 g/mol. The number of carbonyl (C=O) groups excluding carboxylic acids is 1. The zero-order valence-electron chi connectivity index (χ0n) is 15.4. The third kappa shape index (κ3) is 4.32. The molecule has 0 bridgehead atoms. The van der Waals surface area contributed by atoms with Crippen LogP contribution in [0.2, 0.25) is 0 Å².